The van der Waals surface area contributed by atoms with Crippen molar-refractivity contribution in [1.82, 2.24) is 4.57 Å². The van der Waals surface area contributed by atoms with Gasteiger partial charge in [-0.3, -0.25) is 9.36 Å². The molecule has 2 aromatic heterocycles. The summed E-state index contributed by atoms with van der Waals surface area (Å²) in [7, 11) is 0. The standard InChI is InChI=1S/C32H21FI2N2O2S2/c33-24-9-4-2-7-19(24)17-39-30-20(14-21(34)16-25(30)35)15-27-31(38)37-29(26-10-5-13-40-26)23-12-11-18-6-1-3-8-22(18)28(23)36-32(37)41-27/h1-10,13-16,29H,11-12,17H2/b27-15+/t29-/m1/s1. The minimum absolute atomic E-state index is 0.0634. The summed E-state index contributed by atoms with van der Waals surface area (Å²) in [6, 6.07) is 23.0. The molecule has 2 aliphatic rings. The van der Waals surface area contributed by atoms with Crippen LogP contribution in [0.5, 0.6) is 5.75 Å². The molecule has 0 N–H and O–H groups in total. The van der Waals surface area contributed by atoms with Crippen molar-refractivity contribution >= 4 is 79.6 Å². The van der Waals surface area contributed by atoms with E-state index in [-0.39, 0.29) is 24.0 Å². The number of thiophene rings is 1. The van der Waals surface area contributed by atoms with Crippen LogP contribution < -0.4 is 19.6 Å². The van der Waals surface area contributed by atoms with E-state index in [0.717, 1.165) is 41.7 Å². The minimum Gasteiger partial charge on any atom is -0.487 e. The number of aryl methyl sites for hydroxylation is 1. The molecule has 0 saturated carbocycles. The number of aromatic nitrogens is 1. The fourth-order valence-corrected chi connectivity index (χ4v) is 9.35. The third-order valence-corrected chi connectivity index (χ3v) is 10.7. The Balaban J connectivity index is 1.38. The molecule has 9 heteroatoms. The first kappa shape index (κ1) is 27.2. The van der Waals surface area contributed by atoms with Gasteiger partial charge < -0.3 is 4.74 Å². The Hall–Kier alpha value is -2.61. The predicted molar refractivity (Wildman–Crippen MR) is 180 cm³/mol. The van der Waals surface area contributed by atoms with Crippen LogP contribution in [-0.2, 0) is 13.0 Å². The zero-order chi connectivity index (χ0) is 28.1. The second-order valence-corrected chi connectivity index (χ2v) is 14.2. The Bertz CT molecular complexity index is 2030. The lowest BCUT2D eigenvalue weighted by Gasteiger charge is -2.30. The molecular weight excluding hydrogens is 781 g/mol. The number of fused-ring (bicyclic) bond motifs is 3. The maximum Gasteiger partial charge on any atom is 0.271 e. The number of halogens is 3. The van der Waals surface area contributed by atoms with E-state index in [1.165, 1.54) is 28.5 Å². The van der Waals surface area contributed by atoms with E-state index in [9.17, 15) is 9.18 Å². The second kappa shape index (κ2) is 11.2. The summed E-state index contributed by atoms with van der Waals surface area (Å²) in [5.41, 5.74) is 5.84. The van der Waals surface area contributed by atoms with Gasteiger partial charge in [0.1, 0.15) is 18.2 Å². The minimum atomic E-state index is -0.304. The highest BCUT2D eigenvalue weighted by Crippen LogP contribution is 2.42. The fraction of sp³-hybridized carbons (Fsp3) is 0.125. The molecule has 5 aromatic rings. The average Bonchev–Trinajstić information content (AvgIpc) is 3.61. The van der Waals surface area contributed by atoms with Gasteiger partial charge in [0.05, 0.1) is 19.8 Å². The molecule has 4 nitrogen and oxygen atoms in total. The maximum absolute atomic E-state index is 14.3. The number of thiazole rings is 1. The quantitative estimate of drug-likeness (QED) is 0.175. The van der Waals surface area contributed by atoms with Gasteiger partial charge in [-0.25, -0.2) is 9.38 Å². The Morgan fingerprint density at radius 1 is 1.05 bits per heavy atom. The van der Waals surface area contributed by atoms with Crippen molar-refractivity contribution in [3.63, 3.8) is 0 Å². The molecule has 41 heavy (non-hydrogen) atoms. The summed E-state index contributed by atoms with van der Waals surface area (Å²) in [5.74, 6) is 0.324. The van der Waals surface area contributed by atoms with E-state index >= 15 is 0 Å². The molecule has 0 unspecified atom stereocenters. The van der Waals surface area contributed by atoms with E-state index < -0.39 is 0 Å². The second-order valence-electron chi connectivity index (χ2n) is 9.82. The van der Waals surface area contributed by atoms with Gasteiger partial charge in [-0.05, 0) is 105 Å². The SMILES string of the molecule is O=c1/c(=C\c2cc(I)cc(I)c2OCc2ccccc2F)sc2n1[C@@H](c1cccs1)C1=C(N=2)c2ccccc2CC1. The molecule has 0 radical (unpaired) electrons. The summed E-state index contributed by atoms with van der Waals surface area (Å²) >= 11 is 7.58. The van der Waals surface area contributed by atoms with Crippen molar-refractivity contribution in [2.75, 3.05) is 0 Å². The van der Waals surface area contributed by atoms with Crippen molar-refractivity contribution < 1.29 is 9.13 Å². The van der Waals surface area contributed by atoms with Crippen LogP contribution in [0.1, 0.15) is 39.6 Å². The number of ether oxygens (including phenoxy) is 1. The van der Waals surface area contributed by atoms with E-state index in [2.05, 4.69) is 80.9 Å². The van der Waals surface area contributed by atoms with E-state index in [1.54, 1.807) is 29.5 Å². The molecular formula is C32H21FI2N2O2S2. The van der Waals surface area contributed by atoms with Gasteiger partial charge in [0.15, 0.2) is 4.80 Å². The highest BCUT2D eigenvalue weighted by molar-refractivity contribution is 14.1. The van der Waals surface area contributed by atoms with Crippen LogP contribution in [0, 0.1) is 13.0 Å². The Morgan fingerprint density at radius 3 is 2.71 bits per heavy atom. The van der Waals surface area contributed by atoms with Gasteiger partial charge in [-0.15, -0.1) is 11.3 Å². The van der Waals surface area contributed by atoms with Crippen molar-refractivity contribution in [1.29, 1.82) is 0 Å². The smallest absolute Gasteiger partial charge is 0.271 e. The normalized spacial score (nSPS) is 16.2. The molecule has 1 atom stereocenters. The monoisotopic (exact) mass is 802 g/mol. The largest absolute Gasteiger partial charge is 0.487 e. The highest BCUT2D eigenvalue weighted by atomic mass is 127. The molecule has 0 bridgehead atoms. The van der Waals surface area contributed by atoms with Gasteiger partial charge >= 0.3 is 0 Å². The lowest BCUT2D eigenvalue weighted by Crippen LogP contribution is -2.38. The number of rotatable bonds is 5. The summed E-state index contributed by atoms with van der Waals surface area (Å²) in [5, 5.41) is 2.06. The average molecular weight is 802 g/mol. The topological polar surface area (TPSA) is 43.6 Å². The zero-order valence-electron chi connectivity index (χ0n) is 21.4. The zero-order valence-corrected chi connectivity index (χ0v) is 27.4. The van der Waals surface area contributed by atoms with Gasteiger partial charge in [-0.2, -0.15) is 0 Å². The summed E-state index contributed by atoms with van der Waals surface area (Å²) in [6.45, 7) is 0.0931. The van der Waals surface area contributed by atoms with Crippen LogP contribution >= 0.6 is 67.9 Å². The molecule has 7 rings (SSSR count). The van der Waals surface area contributed by atoms with Gasteiger partial charge in [-0.1, -0.05) is 59.9 Å². The summed E-state index contributed by atoms with van der Waals surface area (Å²) in [4.78, 5) is 21.1. The van der Waals surface area contributed by atoms with Crippen LogP contribution in [0.15, 0.2) is 93.5 Å². The van der Waals surface area contributed by atoms with Gasteiger partial charge in [0, 0.05) is 25.1 Å². The van der Waals surface area contributed by atoms with Crippen LogP contribution in [0.3, 0.4) is 0 Å². The molecule has 1 aliphatic carbocycles. The van der Waals surface area contributed by atoms with E-state index in [1.807, 2.05) is 28.8 Å². The first-order valence-electron chi connectivity index (χ1n) is 13.0. The molecule has 0 spiro atoms. The maximum atomic E-state index is 14.3. The third kappa shape index (κ3) is 5.04. The summed E-state index contributed by atoms with van der Waals surface area (Å²) in [6.07, 6.45) is 3.69. The lowest BCUT2D eigenvalue weighted by molar-refractivity contribution is 0.297. The predicted octanol–water partition coefficient (Wildman–Crippen LogP) is 7.31. The van der Waals surface area contributed by atoms with E-state index in [0.29, 0.717) is 20.6 Å². The number of nitrogens with zero attached hydrogens (tertiary/aromatic N) is 2. The van der Waals surface area contributed by atoms with Crippen LogP contribution in [-0.4, -0.2) is 4.57 Å². The fourth-order valence-electron chi connectivity index (χ4n) is 5.46. The first-order valence-corrected chi connectivity index (χ1v) is 16.8. The molecule has 0 fully saturated rings. The third-order valence-electron chi connectivity index (χ3n) is 7.34. The van der Waals surface area contributed by atoms with Crippen LogP contribution in [0.4, 0.5) is 4.39 Å². The Kier molecular flexibility index (Phi) is 7.46. The van der Waals surface area contributed by atoms with Crippen molar-refractivity contribution in [2.24, 2.45) is 4.99 Å². The molecule has 1 aliphatic heterocycles. The van der Waals surface area contributed by atoms with Crippen molar-refractivity contribution in [3.8, 4) is 5.75 Å². The van der Waals surface area contributed by atoms with E-state index in [4.69, 9.17) is 9.73 Å². The van der Waals surface area contributed by atoms with Gasteiger partial charge in [0.25, 0.3) is 5.56 Å². The number of benzene rings is 3. The number of allylic oxidation sites excluding steroid dienone is 1. The number of hydrogen-bond donors (Lipinski definition) is 0. The molecule has 3 aromatic carbocycles. The Labute approximate surface area is 270 Å². The van der Waals surface area contributed by atoms with Crippen LogP contribution in [0.25, 0.3) is 11.8 Å². The van der Waals surface area contributed by atoms with Crippen molar-refractivity contribution in [3.05, 3.63) is 144 Å². The van der Waals surface area contributed by atoms with Crippen molar-refractivity contribution in [2.45, 2.75) is 25.5 Å². The highest BCUT2D eigenvalue weighted by Gasteiger charge is 2.33. The first-order chi connectivity index (χ1) is 20.0. The number of hydrogen-bond acceptors (Lipinski definition) is 5. The van der Waals surface area contributed by atoms with Gasteiger partial charge in [0.2, 0.25) is 0 Å². The van der Waals surface area contributed by atoms with Crippen LogP contribution in [0.2, 0.25) is 0 Å². The molecule has 3 heterocycles. The molecule has 0 saturated heterocycles. The lowest BCUT2D eigenvalue weighted by atomic mass is 9.85. The Morgan fingerprint density at radius 2 is 1.88 bits per heavy atom. The summed E-state index contributed by atoms with van der Waals surface area (Å²) < 4.78 is 24.9. The molecule has 204 valence electrons. The molecule has 0 amide bonds.